The molecule has 1 atom stereocenters. The third-order valence-corrected chi connectivity index (χ3v) is 4.16. The van der Waals surface area contributed by atoms with Crippen molar-refractivity contribution in [3.05, 3.63) is 53.6 Å². The Bertz CT molecular complexity index is 849. The molecule has 2 rings (SSSR count). The van der Waals surface area contributed by atoms with E-state index in [0.29, 0.717) is 17.2 Å². The van der Waals surface area contributed by atoms with Crippen LogP contribution in [0.2, 0.25) is 0 Å². The molecule has 1 amide bonds. The Balaban J connectivity index is 1.88. The number of aliphatic carboxylic acids is 1. The van der Waals surface area contributed by atoms with Gasteiger partial charge in [0, 0.05) is 18.2 Å². The van der Waals surface area contributed by atoms with E-state index < -0.39 is 18.2 Å². The number of carbonyl (C=O) groups is 2. The lowest BCUT2D eigenvalue weighted by atomic mass is 10.1. The number of amides is 1. The quantitative estimate of drug-likeness (QED) is 0.605. The molecule has 0 aliphatic heterocycles. The van der Waals surface area contributed by atoms with E-state index in [9.17, 15) is 14.7 Å². The van der Waals surface area contributed by atoms with Crippen molar-refractivity contribution in [2.45, 2.75) is 39.1 Å². The number of ether oxygens (including phenoxy) is 4. The van der Waals surface area contributed by atoms with Gasteiger partial charge in [0.05, 0.1) is 20.3 Å². The minimum Gasteiger partial charge on any atom is -0.493 e. The third-order valence-electron chi connectivity index (χ3n) is 4.16. The van der Waals surface area contributed by atoms with Gasteiger partial charge in [-0.15, -0.1) is 0 Å². The Kier molecular flexibility index (Phi) is 8.49. The van der Waals surface area contributed by atoms with Gasteiger partial charge in [0.2, 0.25) is 0 Å². The highest BCUT2D eigenvalue weighted by molar-refractivity contribution is 5.85. The fourth-order valence-corrected chi connectivity index (χ4v) is 2.72. The standard InChI is InChI=1S/C22H27NO7/c1-14(2)30-20(21(24)25)11-15-5-7-16(8-6-15)13-29-22(26)23-17-9-10-18(27-3)19(12-17)28-4/h5-10,12,14,20H,11,13H2,1-4H3,(H,23,26)(H,24,25). The molecule has 8 nitrogen and oxygen atoms in total. The van der Waals surface area contributed by atoms with Crippen molar-refractivity contribution >= 4 is 17.7 Å². The van der Waals surface area contributed by atoms with Crippen LogP contribution >= 0.6 is 0 Å². The Morgan fingerprint density at radius 3 is 2.17 bits per heavy atom. The average molecular weight is 417 g/mol. The second-order valence-electron chi connectivity index (χ2n) is 6.80. The summed E-state index contributed by atoms with van der Waals surface area (Å²) in [6, 6.07) is 12.2. The number of benzene rings is 2. The summed E-state index contributed by atoms with van der Waals surface area (Å²) in [5, 5.41) is 11.9. The minimum atomic E-state index is -0.997. The summed E-state index contributed by atoms with van der Waals surface area (Å²) in [7, 11) is 3.04. The maximum Gasteiger partial charge on any atom is 0.411 e. The van der Waals surface area contributed by atoms with E-state index >= 15 is 0 Å². The van der Waals surface area contributed by atoms with Crippen molar-refractivity contribution in [2.24, 2.45) is 0 Å². The fraction of sp³-hybridized carbons (Fsp3) is 0.364. The molecular formula is C22H27NO7. The SMILES string of the molecule is COc1ccc(NC(=O)OCc2ccc(CC(OC(C)C)C(=O)O)cc2)cc1OC. The molecule has 0 aromatic heterocycles. The molecule has 2 N–H and O–H groups in total. The molecule has 8 heteroatoms. The van der Waals surface area contributed by atoms with Crippen molar-refractivity contribution in [3.63, 3.8) is 0 Å². The van der Waals surface area contributed by atoms with E-state index in [4.69, 9.17) is 18.9 Å². The van der Waals surface area contributed by atoms with Crippen LogP contribution in [0.5, 0.6) is 11.5 Å². The molecule has 0 fully saturated rings. The summed E-state index contributed by atoms with van der Waals surface area (Å²) >= 11 is 0. The summed E-state index contributed by atoms with van der Waals surface area (Å²) in [5.74, 6) is 0.0513. The summed E-state index contributed by atoms with van der Waals surface area (Å²) in [6.07, 6.45) is -1.43. The Morgan fingerprint density at radius 2 is 1.60 bits per heavy atom. The van der Waals surface area contributed by atoms with Gasteiger partial charge in [0.15, 0.2) is 17.6 Å². The lowest BCUT2D eigenvalue weighted by Crippen LogP contribution is -2.29. The molecule has 2 aromatic carbocycles. The first-order valence-electron chi connectivity index (χ1n) is 9.44. The molecule has 0 aliphatic rings. The van der Waals surface area contributed by atoms with Gasteiger partial charge in [0.1, 0.15) is 6.61 Å². The number of carbonyl (C=O) groups excluding carboxylic acids is 1. The van der Waals surface area contributed by atoms with Crippen molar-refractivity contribution < 1.29 is 33.6 Å². The minimum absolute atomic E-state index is 0.0737. The summed E-state index contributed by atoms with van der Waals surface area (Å²) < 4.78 is 21.0. The fourth-order valence-electron chi connectivity index (χ4n) is 2.72. The smallest absolute Gasteiger partial charge is 0.411 e. The molecule has 0 heterocycles. The number of methoxy groups -OCH3 is 2. The van der Waals surface area contributed by atoms with Crippen LogP contribution in [0.25, 0.3) is 0 Å². The molecule has 0 radical (unpaired) electrons. The van der Waals surface area contributed by atoms with Gasteiger partial charge in [-0.1, -0.05) is 24.3 Å². The van der Waals surface area contributed by atoms with Gasteiger partial charge >= 0.3 is 12.1 Å². The Hall–Kier alpha value is -3.26. The van der Waals surface area contributed by atoms with Crippen molar-refractivity contribution in [1.29, 1.82) is 0 Å². The zero-order valence-electron chi connectivity index (χ0n) is 17.5. The number of carboxylic acids is 1. The molecule has 0 aliphatic carbocycles. The van der Waals surface area contributed by atoms with E-state index in [1.54, 1.807) is 56.3 Å². The van der Waals surface area contributed by atoms with Gasteiger partial charge in [0.25, 0.3) is 0 Å². The molecule has 30 heavy (non-hydrogen) atoms. The van der Waals surface area contributed by atoms with Crippen molar-refractivity contribution in [2.75, 3.05) is 19.5 Å². The molecule has 0 saturated carbocycles. The molecule has 0 saturated heterocycles. The van der Waals surface area contributed by atoms with E-state index in [0.717, 1.165) is 11.1 Å². The van der Waals surface area contributed by atoms with E-state index in [1.807, 2.05) is 0 Å². The van der Waals surface area contributed by atoms with Crippen LogP contribution < -0.4 is 14.8 Å². The third kappa shape index (κ3) is 6.97. The van der Waals surface area contributed by atoms with Gasteiger partial charge in [-0.2, -0.15) is 0 Å². The maximum absolute atomic E-state index is 12.0. The van der Waals surface area contributed by atoms with E-state index in [-0.39, 0.29) is 19.1 Å². The van der Waals surface area contributed by atoms with Crippen molar-refractivity contribution in [1.82, 2.24) is 0 Å². The predicted molar refractivity (Wildman–Crippen MR) is 111 cm³/mol. The molecule has 1 unspecified atom stereocenters. The largest absolute Gasteiger partial charge is 0.493 e. The van der Waals surface area contributed by atoms with Gasteiger partial charge < -0.3 is 24.1 Å². The summed E-state index contributed by atoms with van der Waals surface area (Å²) in [5.41, 5.74) is 2.11. The second-order valence-corrected chi connectivity index (χ2v) is 6.80. The maximum atomic E-state index is 12.0. The van der Waals surface area contributed by atoms with Crippen LogP contribution in [0.3, 0.4) is 0 Å². The van der Waals surface area contributed by atoms with E-state index in [2.05, 4.69) is 5.32 Å². The average Bonchev–Trinajstić information content (AvgIpc) is 2.72. The highest BCUT2D eigenvalue weighted by Gasteiger charge is 2.20. The second kappa shape index (κ2) is 11.1. The van der Waals surface area contributed by atoms with Crippen LogP contribution in [0.4, 0.5) is 10.5 Å². The van der Waals surface area contributed by atoms with Crippen molar-refractivity contribution in [3.8, 4) is 11.5 Å². The van der Waals surface area contributed by atoms with Gasteiger partial charge in [-0.3, -0.25) is 5.32 Å². The highest BCUT2D eigenvalue weighted by Crippen LogP contribution is 2.29. The zero-order chi connectivity index (χ0) is 22.1. The first-order chi connectivity index (χ1) is 14.3. The van der Waals surface area contributed by atoms with Crippen LogP contribution in [-0.4, -0.2) is 43.6 Å². The number of hydrogen-bond donors (Lipinski definition) is 2. The van der Waals surface area contributed by atoms with Crippen LogP contribution in [0.15, 0.2) is 42.5 Å². The topological polar surface area (TPSA) is 103 Å². The first-order valence-corrected chi connectivity index (χ1v) is 9.44. The highest BCUT2D eigenvalue weighted by atomic mass is 16.5. The Labute approximate surface area is 175 Å². The normalized spacial score (nSPS) is 11.6. The van der Waals surface area contributed by atoms with E-state index in [1.165, 1.54) is 14.2 Å². The summed E-state index contributed by atoms with van der Waals surface area (Å²) in [6.45, 7) is 3.66. The monoisotopic (exact) mass is 417 g/mol. The molecule has 2 aromatic rings. The number of anilines is 1. The number of hydrogen-bond acceptors (Lipinski definition) is 6. The van der Waals surface area contributed by atoms with Crippen LogP contribution in [0, 0.1) is 0 Å². The first kappa shape index (κ1) is 23.0. The molecule has 162 valence electrons. The molecular weight excluding hydrogens is 390 g/mol. The zero-order valence-corrected chi connectivity index (χ0v) is 17.5. The predicted octanol–water partition coefficient (Wildman–Crippen LogP) is 3.87. The summed E-state index contributed by atoms with van der Waals surface area (Å²) in [4.78, 5) is 23.3. The molecule has 0 bridgehead atoms. The van der Waals surface area contributed by atoms with Crippen LogP contribution in [0.1, 0.15) is 25.0 Å². The number of nitrogens with one attached hydrogen (secondary N) is 1. The van der Waals surface area contributed by atoms with Gasteiger partial charge in [-0.05, 0) is 37.1 Å². The molecule has 0 spiro atoms. The lowest BCUT2D eigenvalue weighted by Gasteiger charge is -2.16. The van der Waals surface area contributed by atoms with Gasteiger partial charge in [-0.25, -0.2) is 9.59 Å². The lowest BCUT2D eigenvalue weighted by molar-refractivity contribution is -0.153. The Morgan fingerprint density at radius 1 is 0.967 bits per heavy atom. The van der Waals surface area contributed by atoms with Crippen LogP contribution in [-0.2, 0) is 27.3 Å². The number of rotatable bonds is 10. The number of carboxylic acid groups (broad SMARTS) is 1.